The molecule has 4 nitrogen and oxygen atoms in total. The fraction of sp³-hybridized carbons (Fsp3) is 0.286. The zero-order chi connectivity index (χ0) is 14.6. The number of benzene rings is 1. The molecule has 0 radical (unpaired) electrons. The summed E-state index contributed by atoms with van der Waals surface area (Å²) in [6.45, 7) is 2.01. The molecule has 0 aliphatic carbocycles. The van der Waals surface area contributed by atoms with Crippen LogP contribution in [0.4, 0.5) is 0 Å². The topological polar surface area (TPSA) is 66.4 Å². The summed E-state index contributed by atoms with van der Waals surface area (Å²) in [4.78, 5) is 0.892. The summed E-state index contributed by atoms with van der Waals surface area (Å²) in [6, 6.07) is 9.51. The molecule has 0 fully saturated rings. The third-order valence-corrected chi connectivity index (χ3v) is 5.42. The lowest BCUT2D eigenvalue weighted by Gasteiger charge is -2.17. The van der Waals surface area contributed by atoms with Crippen LogP contribution in [0.2, 0.25) is 0 Å². The number of thiophene rings is 1. The summed E-state index contributed by atoms with van der Waals surface area (Å²) in [5, 5.41) is 11.6. The second-order valence-corrected chi connectivity index (χ2v) is 7.11. The van der Waals surface area contributed by atoms with E-state index >= 15 is 0 Å². The number of nitrogens with one attached hydrogen (secondary N) is 1. The van der Waals surface area contributed by atoms with Gasteiger partial charge < -0.3 is 5.11 Å². The minimum absolute atomic E-state index is 0.0855. The van der Waals surface area contributed by atoms with Gasteiger partial charge in [-0.1, -0.05) is 31.5 Å². The van der Waals surface area contributed by atoms with Gasteiger partial charge in [-0.2, -0.15) is 0 Å². The number of phenolic OH excluding ortho intramolecular Hbond substituents is 1. The summed E-state index contributed by atoms with van der Waals surface area (Å²) in [7, 11) is -3.73. The Morgan fingerprint density at radius 3 is 2.60 bits per heavy atom. The van der Waals surface area contributed by atoms with Crippen molar-refractivity contribution in [3.8, 4) is 5.75 Å². The number of rotatable bonds is 6. The Balaban J connectivity index is 2.28. The standard InChI is InChI=1S/C14H17NO3S2/c1-2-6-11(13-8-5-10-19-13)15-20(17,18)14-9-4-3-7-12(14)16/h3-5,7-11,15-16H,2,6H2,1H3. The lowest BCUT2D eigenvalue weighted by molar-refractivity contribution is 0.456. The van der Waals surface area contributed by atoms with Crippen molar-refractivity contribution in [2.75, 3.05) is 0 Å². The van der Waals surface area contributed by atoms with Crippen LogP contribution in [-0.4, -0.2) is 13.5 Å². The van der Waals surface area contributed by atoms with Crippen LogP contribution in [0.3, 0.4) is 0 Å². The summed E-state index contributed by atoms with van der Waals surface area (Å²) < 4.78 is 27.4. The molecule has 0 bridgehead atoms. The molecule has 1 atom stereocenters. The SMILES string of the molecule is CCCC(NS(=O)(=O)c1ccccc1O)c1cccs1. The Labute approximate surface area is 123 Å². The Kier molecular flexibility index (Phi) is 4.80. The Hall–Kier alpha value is -1.37. The number of hydrogen-bond acceptors (Lipinski definition) is 4. The molecule has 2 N–H and O–H groups in total. The van der Waals surface area contributed by atoms with Gasteiger partial charge in [-0.15, -0.1) is 11.3 Å². The molecule has 1 heterocycles. The normalized spacial score (nSPS) is 13.2. The van der Waals surface area contributed by atoms with Crippen molar-refractivity contribution >= 4 is 21.4 Å². The fourth-order valence-electron chi connectivity index (χ4n) is 1.97. The number of para-hydroxylation sites is 1. The quantitative estimate of drug-likeness (QED) is 0.860. The zero-order valence-electron chi connectivity index (χ0n) is 11.1. The van der Waals surface area contributed by atoms with Gasteiger partial charge in [-0.05, 0) is 30.0 Å². The van der Waals surface area contributed by atoms with E-state index in [1.54, 1.807) is 12.1 Å². The van der Waals surface area contributed by atoms with E-state index in [1.807, 2.05) is 24.4 Å². The molecule has 6 heteroatoms. The summed E-state index contributed by atoms with van der Waals surface area (Å²) in [6.07, 6.45) is 1.58. The molecule has 2 rings (SSSR count). The molecule has 0 saturated heterocycles. The lowest BCUT2D eigenvalue weighted by Crippen LogP contribution is -2.28. The van der Waals surface area contributed by atoms with Crippen LogP contribution in [0.5, 0.6) is 5.75 Å². The smallest absolute Gasteiger partial charge is 0.244 e. The Bertz CT molecular complexity index is 651. The third-order valence-electron chi connectivity index (χ3n) is 2.92. The maximum absolute atomic E-state index is 12.4. The van der Waals surface area contributed by atoms with Crippen molar-refractivity contribution in [3.63, 3.8) is 0 Å². The van der Waals surface area contributed by atoms with Crippen molar-refractivity contribution < 1.29 is 13.5 Å². The monoisotopic (exact) mass is 311 g/mol. The van der Waals surface area contributed by atoms with Gasteiger partial charge in [-0.25, -0.2) is 13.1 Å². The Morgan fingerprint density at radius 1 is 1.25 bits per heavy atom. The van der Waals surface area contributed by atoms with Gasteiger partial charge in [0.25, 0.3) is 0 Å². The molecular formula is C14H17NO3S2. The van der Waals surface area contributed by atoms with Crippen LogP contribution in [0, 0.1) is 0 Å². The molecule has 20 heavy (non-hydrogen) atoms. The highest BCUT2D eigenvalue weighted by atomic mass is 32.2. The molecule has 0 aliphatic rings. The van der Waals surface area contributed by atoms with Crippen molar-refractivity contribution in [1.82, 2.24) is 4.72 Å². The molecular weight excluding hydrogens is 294 g/mol. The first-order chi connectivity index (χ1) is 9.54. The Morgan fingerprint density at radius 2 is 2.00 bits per heavy atom. The minimum Gasteiger partial charge on any atom is -0.507 e. The van der Waals surface area contributed by atoms with Crippen LogP contribution in [0.25, 0.3) is 0 Å². The first kappa shape index (κ1) is 15.0. The predicted molar refractivity (Wildman–Crippen MR) is 80.4 cm³/mol. The number of aromatic hydroxyl groups is 1. The van der Waals surface area contributed by atoms with Gasteiger partial charge in [0.15, 0.2) is 0 Å². The average Bonchev–Trinajstić information content (AvgIpc) is 2.92. The highest BCUT2D eigenvalue weighted by molar-refractivity contribution is 7.89. The molecule has 108 valence electrons. The molecule has 1 unspecified atom stereocenters. The maximum atomic E-state index is 12.4. The molecule has 1 aromatic carbocycles. The van der Waals surface area contributed by atoms with E-state index in [2.05, 4.69) is 4.72 Å². The highest BCUT2D eigenvalue weighted by Gasteiger charge is 2.23. The second-order valence-electron chi connectivity index (χ2n) is 4.45. The van der Waals surface area contributed by atoms with E-state index in [4.69, 9.17) is 0 Å². The van der Waals surface area contributed by atoms with E-state index in [1.165, 1.54) is 23.5 Å². The van der Waals surface area contributed by atoms with Crippen LogP contribution in [0.15, 0.2) is 46.7 Å². The predicted octanol–water partition coefficient (Wildman–Crippen LogP) is 3.27. The van der Waals surface area contributed by atoms with Crippen molar-refractivity contribution in [1.29, 1.82) is 0 Å². The van der Waals surface area contributed by atoms with E-state index in [0.29, 0.717) is 6.42 Å². The number of hydrogen-bond donors (Lipinski definition) is 2. The second kappa shape index (κ2) is 6.39. The van der Waals surface area contributed by atoms with Gasteiger partial charge in [0.2, 0.25) is 10.0 Å². The van der Waals surface area contributed by atoms with Crippen LogP contribution in [-0.2, 0) is 10.0 Å². The lowest BCUT2D eigenvalue weighted by atomic mass is 10.1. The summed E-state index contributed by atoms with van der Waals surface area (Å²) in [5.41, 5.74) is 0. The summed E-state index contributed by atoms with van der Waals surface area (Å²) in [5.74, 6) is -0.235. The van der Waals surface area contributed by atoms with Gasteiger partial charge in [0, 0.05) is 4.88 Å². The largest absolute Gasteiger partial charge is 0.507 e. The first-order valence-electron chi connectivity index (χ1n) is 6.38. The summed E-state index contributed by atoms with van der Waals surface area (Å²) >= 11 is 1.52. The fourth-order valence-corrected chi connectivity index (χ4v) is 4.21. The van der Waals surface area contributed by atoms with Crippen LogP contribution < -0.4 is 4.72 Å². The first-order valence-corrected chi connectivity index (χ1v) is 8.74. The maximum Gasteiger partial charge on any atom is 0.244 e. The third kappa shape index (κ3) is 3.39. The number of sulfonamides is 1. The van der Waals surface area contributed by atoms with Gasteiger partial charge in [0.05, 0.1) is 6.04 Å². The van der Waals surface area contributed by atoms with Crippen molar-refractivity contribution in [2.24, 2.45) is 0 Å². The van der Waals surface area contributed by atoms with Gasteiger partial charge in [-0.3, -0.25) is 0 Å². The molecule has 0 spiro atoms. The van der Waals surface area contributed by atoms with E-state index in [0.717, 1.165) is 11.3 Å². The van der Waals surface area contributed by atoms with E-state index in [-0.39, 0.29) is 16.7 Å². The van der Waals surface area contributed by atoms with E-state index in [9.17, 15) is 13.5 Å². The molecule has 1 aromatic heterocycles. The van der Waals surface area contributed by atoms with Gasteiger partial charge in [0.1, 0.15) is 10.6 Å². The molecule has 2 aromatic rings. The average molecular weight is 311 g/mol. The molecule has 0 amide bonds. The molecule has 0 aliphatic heterocycles. The van der Waals surface area contributed by atoms with Crippen LogP contribution >= 0.6 is 11.3 Å². The van der Waals surface area contributed by atoms with Crippen LogP contribution in [0.1, 0.15) is 30.7 Å². The zero-order valence-corrected chi connectivity index (χ0v) is 12.7. The van der Waals surface area contributed by atoms with E-state index < -0.39 is 10.0 Å². The number of phenols is 1. The van der Waals surface area contributed by atoms with Crippen molar-refractivity contribution in [2.45, 2.75) is 30.7 Å². The van der Waals surface area contributed by atoms with Gasteiger partial charge >= 0.3 is 0 Å². The minimum atomic E-state index is -3.73. The highest BCUT2D eigenvalue weighted by Crippen LogP contribution is 2.28. The molecule has 0 saturated carbocycles. The van der Waals surface area contributed by atoms with Crippen molar-refractivity contribution in [3.05, 3.63) is 46.7 Å².